The van der Waals surface area contributed by atoms with Gasteiger partial charge in [0, 0.05) is 19.1 Å². The first-order chi connectivity index (χ1) is 8.49. The number of nitrogens with two attached hydrogens (primary N) is 2. The van der Waals surface area contributed by atoms with Crippen LogP contribution in [0.3, 0.4) is 0 Å². The van der Waals surface area contributed by atoms with Gasteiger partial charge in [0.25, 0.3) is 0 Å². The van der Waals surface area contributed by atoms with Crippen LogP contribution in [-0.2, 0) is 0 Å². The van der Waals surface area contributed by atoms with Gasteiger partial charge in [0.2, 0.25) is 0 Å². The molecule has 0 spiro atoms. The van der Waals surface area contributed by atoms with Crippen molar-refractivity contribution < 1.29 is 0 Å². The highest BCUT2D eigenvalue weighted by Crippen LogP contribution is 2.36. The van der Waals surface area contributed by atoms with Gasteiger partial charge < -0.3 is 21.3 Å². The fourth-order valence-corrected chi connectivity index (χ4v) is 2.86. The summed E-state index contributed by atoms with van der Waals surface area (Å²) in [6.45, 7) is 2.06. The third-order valence-corrected chi connectivity index (χ3v) is 3.72. The van der Waals surface area contributed by atoms with Crippen LogP contribution in [0.1, 0.15) is 12.8 Å². The average Bonchev–Trinajstić information content (AvgIpc) is 2.70. The van der Waals surface area contributed by atoms with Gasteiger partial charge in [-0.2, -0.15) is 0 Å². The molecule has 1 unspecified atom stereocenters. The Labute approximate surface area is 113 Å². The summed E-state index contributed by atoms with van der Waals surface area (Å²) >= 11 is 6.29. The van der Waals surface area contributed by atoms with E-state index in [1.54, 1.807) is 6.07 Å². The lowest BCUT2D eigenvalue weighted by Gasteiger charge is -2.30. The zero-order valence-electron chi connectivity index (χ0n) is 11.0. The van der Waals surface area contributed by atoms with Crippen molar-refractivity contribution in [3.63, 3.8) is 0 Å². The molecule has 4 nitrogen and oxygen atoms in total. The molecule has 1 atom stereocenters. The van der Waals surface area contributed by atoms with Gasteiger partial charge in [0.15, 0.2) is 0 Å². The molecular weight excluding hydrogens is 248 g/mol. The third kappa shape index (κ3) is 2.65. The van der Waals surface area contributed by atoms with Crippen molar-refractivity contribution in [3.05, 3.63) is 17.2 Å². The topological polar surface area (TPSA) is 58.5 Å². The van der Waals surface area contributed by atoms with E-state index in [4.69, 9.17) is 23.1 Å². The molecule has 0 aromatic heterocycles. The Morgan fingerprint density at radius 1 is 1.33 bits per heavy atom. The maximum atomic E-state index is 6.29. The molecule has 5 heteroatoms. The van der Waals surface area contributed by atoms with E-state index >= 15 is 0 Å². The zero-order chi connectivity index (χ0) is 13.3. The molecular formula is C13H21ClN4. The van der Waals surface area contributed by atoms with Crippen LogP contribution >= 0.6 is 11.6 Å². The number of likely N-dealkylation sites (N-methyl/N-ethyl adjacent to an activating group) is 1. The van der Waals surface area contributed by atoms with E-state index in [1.165, 1.54) is 12.8 Å². The van der Waals surface area contributed by atoms with Crippen molar-refractivity contribution in [1.82, 2.24) is 4.90 Å². The first-order valence-corrected chi connectivity index (χ1v) is 6.62. The van der Waals surface area contributed by atoms with Crippen LogP contribution in [0.15, 0.2) is 12.1 Å². The van der Waals surface area contributed by atoms with Crippen LogP contribution in [0, 0.1) is 0 Å². The third-order valence-electron chi connectivity index (χ3n) is 3.41. The zero-order valence-corrected chi connectivity index (χ0v) is 11.7. The van der Waals surface area contributed by atoms with Gasteiger partial charge in [-0.05, 0) is 39.1 Å². The fourth-order valence-electron chi connectivity index (χ4n) is 2.58. The highest BCUT2D eigenvalue weighted by molar-refractivity contribution is 6.33. The quantitative estimate of drug-likeness (QED) is 0.824. The van der Waals surface area contributed by atoms with Crippen molar-refractivity contribution in [1.29, 1.82) is 0 Å². The Hall–Kier alpha value is -1.13. The second-order valence-electron chi connectivity index (χ2n) is 5.18. The monoisotopic (exact) mass is 268 g/mol. The SMILES string of the molecule is CN(C)CC1CCCN1c1cc(N)c(N)cc1Cl. The van der Waals surface area contributed by atoms with Crippen LogP contribution < -0.4 is 16.4 Å². The summed E-state index contributed by atoms with van der Waals surface area (Å²) in [4.78, 5) is 4.55. The van der Waals surface area contributed by atoms with Gasteiger partial charge in [0.05, 0.1) is 22.1 Å². The number of anilines is 3. The molecule has 1 saturated heterocycles. The maximum absolute atomic E-state index is 6.29. The molecule has 0 radical (unpaired) electrons. The lowest BCUT2D eigenvalue weighted by molar-refractivity contribution is 0.372. The van der Waals surface area contributed by atoms with E-state index in [0.717, 1.165) is 18.8 Å². The molecule has 1 aliphatic rings. The molecule has 18 heavy (non-hydrogen) atoms. The molecule has 0 aliphatic carbocycles. The van der Waals surface area contributed by atoms with Crippen LogP contribution in [-0.4, -0.2) is 38.1 Å². The summed E-state index contributed by atoms with van der Waals surface area (Å²) in [6.07, 6.45) is 2.39. The number of rotatable bonds is 3. The molecule has 0 saturated carbocycles. The van der Waals surface area contributed by atoms with Gasteiger partial charge in [-0.15, -0.1) is 0 Å². The minimum Gasteiger partial charge on any atom is -0.397 e. The highest BCUT2D eigenvalue weighted by atomic mass is 35.5. The molecule has 1 aromatic rings. The molecule has 1 fully saturated rings. The number of benzene rings is 1. The van der Waals surface area contributed by atoms with Crippen molar-refractivity contribution in [3.8, 4) is 0 Å². The van der Waals surface area contributed by atoms with Crippen molar-refractivity contribution in [2.45, 2.75) is 18.9 Å². The molecule has 1 aliphatic heterocycles. The summed E-state index contributed by atoms with van der Waals surface area (Å²) in [5.74, 6) is 0. The summed E-state index contributed by atoms with van der Waals surface area (Å²) in [5, 5.41) is 0.687. The van der Waals surface area contributed by atoms with Crippen LogP contribution in [0.4, 0.5) is 17.1 Å². The van der Waals surface area contributed by atoms with E-state index < -0.39 is 0 Å². The van der Waals surface area contributed by atoms with E-state index in [0.29, 0.717) is 22.4 Å². The van der Waals surface area contributed by atoms with Crippen molar-refractivity contribution >= 4 is 28.7 Å². The average molecular weight is 269 g/mol. The Kier molecular flexibility index (Phi) is 3.88. The molecule has 100 valence electrons. The molecule has 0 bridgehead atoms. The largest absolute Gasteiger partial charge is 0.397 e. The van der Waals surface area contributed by atoms with E-state index in [2.05, 4.69) is 23.9 Å². The number of nitrogens with zero attached hydrogens (tertiary/aromatic N) is 2. The first kappa shape index (κ1) is 13.3. The minimum absolute atomic E-state index is 0.500. The maximum Gasteiger partial charge on any atom is 0.0661 e. The Morgan fingerprint density at radius 3 is 2.67 bits per heavy atom. The van der Waals surface area contributed by atoms with Gasteiger partial charge in [-0.1, -0.05) is 11.6 Å². The molecule has 2 rings (SSSR count). The van der Waals surface area contributed by atoms with E-state index in [9.17, 15) is 0 Å². The first-order valence-electron chi connectivity index (χ1n) is 6.25. The number of hydrogen-bond donors (Lipinski definition) is 2. The van der Waals surface area contributed by atoms with Gasteiger partial charge >= 0.3 is 0 Å². The molecule has 4 N–H and O–H groups in total. The summed E-state index contributed by atoms with van der Waals surface area (Å²) in [6, 6.07) is 4.14. The number of hydrogen-bond acceptors (Lipinski definition) is 4. The van der Waals surface area contributed by atoms with Crippen molar-refractivity contribution in [2.24, 2.45) is 0 Å². The van der Waals surface area contributed by atoms with Gasteiger partial charge in [0.1, 0.15) is 0 Å². The minimum atomic E-state index is 0.500. The predicted molar refractivity (Wildman–Crippen MR) is 79.2 cm³/mol. The molecule has 0 amide bonds. The smallest absolute Gasteiger partial charge is 0.0661 e. The summed E-state index contributed by atoms with van der Waals surface area (Å²) in [5.41, 5.74) is 13.8. The Balaban J connectivity index is 2.27. The van der Waals surface area contributed by atoms with Crippen LogP contribution in [0.25, 0.3) is 0 Å². The van der Waals surface area contributed by atoms with Gasteiger partial charge in [-0.3, -0.25) is 0 Å². The number of nitrogen functional groups attached to an aromatic ring is 2. The number of halogens is 1. The lowest BCUT2D eigenvalue weighted by Crippen LogP contribution is -2.37. The van der Waals surface area contributed by atoms with Gasteiger partial charge in [-0.25, -0.2) is 0 Å². The summed E-state index contributed by atoms with van der Waals surface area (Å²) < 4.78 is 0. The Bertz CT molecular complexity index is 433. The Morgan fingerprint density at radius 2 is 2.00 bits per heavy atom. The highest BCUT2D eigenvalue weighted by Gasteiger charge is 2.26. The second-order valence-corrected chi connectivity index (χ2v) is 5.59. The summed E-state index contributed by atoms with van der Waals surface area (Å²) in [7, 11) is 4.19. The standard InChI is InChI=1S/C13H21ClN4/c1-17(2)8-9-4-3-5-18(9)13-7-12(16)11(15)6-10(13)14/h6-7,9H,3-5,8,15-16H2,1-2H3. The lowest BCUT2D eigenvalue weighted by atomic mass is 10.2. The fraction of sp³-hybridized carbons (Fsp3) is 0.538. The van der Waals surface area contributed by atoms with Crippen molar-refractivity contribution in [2.75, 3.05) is 43.6 Å². The van der Waals surface area contributed by atoms with Crippen LogP contribution in [0.2, 0.25) is 5.02 Å². The van der Waals surface area contributed by atoms with E-state index in [-0.39, 0.29) is 0 Å². The predicted octanol–water partition coefficient (Wildman–Crippen LogP) is 2.03. The van der Waals surface area contributed by atoms with E-state index in [1.807, 2.05) is 6.07 Å². The second kappa shape index (κ2) is 5.24. The molecule has 1 aromatic carbocycles. The molecule has 1 heterocycles. The van der Waals surface area contributed by atoms with Crippen LogP contribution in [0.5, 0.6) is 0 Å². The normalized spacial score (nSPS) is 19.8.